The van der Waals surface area contributed by atoms with Gasteiger partial charge in [0.05, 0.1) is 16.5 Å². The Bertz CT molecular complexity index is 573. The molecule has 0 bridgehead atoms. The van der Waals surface area contributed by atoms with Crippen LogP contribution in [0.3, 0.4) is 0 Å². The highest BCUT2D eigenvalue weighted by Crippen LogP contribution is 2.21. The molecule has 0 amide bonds. The van der Waals surface area contributed by atoms with Crippen molar-refractivity contribution in [2.45, 2.75) is 5.88 Å². The molecule has 0 N–H and O–H groups in total. The molecule has 1 aromatic carbocycles. The molecule has 7 nitrogen and oxygen atoms in total. The molecular weight excluding hydrogens is 253 g/mol. The molecule has 0 fully saturated rings. The summed E-state index contributed by atoms with van der Waals surface area (Å²) < 4.78 is 14.3. The van der Waals surface area contributed by atoms with Crippen LogP contribution in [0.4, 0.5) is 10.1 Å². The van der Waals surface area contributed by atoms with Crippen molar-refractivity contribution in [2.24, 2.45) is 0 Å². The van der Waals surface area contributed by atoms with Gasteiger partial charge in [-0.2, -0.15) is 9.07 Å². The van der Waals surface area contributed by atoms with E-state index < -0.39 is 16.4 Å². The van der Waals surface area contributed by atoms with E-state index in [1.54, 1.807) is 0 Å². The number of hydrogen-bond donors (Lipinski definition) is 0. The maximum atomic E-state index is 13.1. The number of halogens is 2. The minimum absolute atomic E-state index is 0.0399. The van der Waals surface area contributed by atoms with Gasteiger partial charge in [-0.15, -0.1) is 16.7 Å². The number of nitro benzene ring substituents is 1. The van der Waals surface area contributed by atoms with Crippen LogP contribution in [0.5, 0.6) is 0 Å². The highest BCUT2D eigenvalue weighted by Gasteiger charge is 2.17. The van der Waals surface area contributed by atoms with Crippen molar-refractivity contribution in [3.05, 3.63) is 40.0 Å². The van der Waals surface area contributed by atoms with Gasteiger partial charge >= 0.3 is 5.69 Å². The van der Waals surface area contributed by atoms with Crippen molar-refractivity contribution < 1.29 is 9.31 Å². The Morgan fingerprint density at radius 1 is 1.53 bits per heavy atom. The SMILES string of the molecule is O=[N+]([O-])c1cc(-n2nnnc2CCl)ccc1F. The van der Waals surface area contributed by atoms with Gasteiger partial charge in [-0.1, -0.05) is 0 Å². The van der Waals surface area contributed by atoms with Crippen molar-refractivity contribution in [3.63, 3.8) is 0 Å². The number of hydrogen-bond acceptors (Lipinski definition) is 5. The van der Waals surface area contributed by atoms with E-state index in [0.29, 0.717) is 5.82 Å². The summed E-state index contributed by atoms with van der Waals surface area (Å²) in [6.45, 7) is 0. The summed E-state index contributed by atoms with van der Waals surface area (Å²) >= 11 is 5.59. The lowest BCUT2D eigenvalue weighted by Gasteiger charge is -2.02. The van der Waals surface area contributed by atoms with Crippen molar-refractivity contribution >= 4 is 17.3 Å². The fourth-order valence-corrected chi connectivity index (χ4v) is 1.43. The summed E-state index contributed by atoms with van der Waals surface area (Å²) in [7, 11) is 0. The van der Waals surface area contributed by atoms with E-state index in [2.05, 4.69) is 15.5 Å². The van der Waals surface area contributed by atoms with Gasteiger partial charge in [0.15, 0.2) is 5.82 Å². The van der Waals surface area contributed by atoms with Crippen LogP contribution in [0, 0.1) is 15.9 Å². The number of aromatic nitrogens is 4. The Morgan fingerprint density at radius 3 is 2.94 bits per heavy atom. The van der Waals surface area contributed by atoms with Crippen LogP contribution < -0.4 is 0 Å². The lowest BCUT2D eigenvalue weighted by molar-refractivity contribution is -0.387. The van der Waals surface area contributed by atoms with Crippen molar-refractivity contribution in [2.75, 3.05) is 0 Å². The van der Waals surface area contributed by atoms with Crippen molar-refractivity contribution in [3.8, 4) is 5.69 Å². The lowest BCUT2D eigenvalue weighted by Crippen LogP contribution is -2.03. The van der Waals surface area contributed by atoms with Crippen molar-refractivity contribution in [1.29, 1.82) is 0 Å². The van der Waals surface area contributed by atoms with E-state index in [1.165, 1.54) is 10.7 Å². The van der Waals surface area contributed by atoms with Crippen molar-refractivity contribution in [1.82, 2.24) is 20.2 Å². The first-order valence-corrected chi connectivity index (χ1v) is 4.94. The molecule has 1 heterocycles. The number of tetrazole rings is 1. The normalized spacial score (nSPS) is 10.5. The monoisotopic (exact) mass is 257 g/mol. The Hall–Kier alpha value is -2.09. The molecule has 17 heavy (non-hydrogen) atoms. The van der Waals surface area contributed by atoms with Gasteiger partial charge in [0.2, 0.25) is 5.82 Å². The maximum Gasteiger partial charge on any atom is 0.306 e. The van der Waals surface area contributed by atoms with Gasteiger partial charge in [-0.25, -0.2) is 0 Å². The molecule has 0 unspecified atom stereocenters. The van der Waals surface area contributed by atoms with Crippen LogP contribution in [-0.2, 0) is 5.88 Å². The van der Waals surface area contributed by atoms with E-state index >= 15 is 0 Å². The summed E-state index contributed by atoms with van der Waals surface area (Å²) in [5.74, 6) is -0.565. The average Bonchev–Trinajstić information content (AvgIpc) is 2.77. The second-order valence-electron chi connectivity index (χ2n) is 3.03. The summed E-state index contributed by atoms with van der Waals surface area (Å²) in [4.78, 5) is 9.76. The fraction of sp³-hybridized carbons (Fsp3) is 0.125. The molecule has 0 aliphatic rings. The zero-order chi connectivity index (χ0) is 12.4. The molecule has 0 saturated heterocycles. The number of alkyl halides is 1. The highest BCUT2D eigenvalue weighted by atomic mass is 35.5. The Balaban J connectivity index is 2.54. The third-order valence-corrected chi connectivity index (χ3v) is 2.26. The van der Waals surface area contributed by atoms with Crippen LogP contribution in [0.25, 0.3) is 5.69 Å². The number of benzene rings is 1. The second-order valence-corrected chi connectivity index (χ2v) is 3.30. The average molecular weight is 258 g/mol. The van der Waals surface area contributed by atoms with Crippen LogP contribution in [0.15, 0.2) is 18.2 Å². The van der Waals surface area contributed by atoms with E-state index in [1.807, 2.05) is 0 Å². The molecule has 0 aliphatic heterocycles. The predicted octanol–water partition coefficient (Wildman–Crippen LogP) is 1.45. The van der Waals surface area contributed by atoms with E-state index in [9.17, 15) is 14.5 Å². The molecule has 2 aromatic rings. The fourth-order valence-electron chi connectivity index (χ4n) is 1.26. The van der Waals surface area contributed by atoms with Gasteiger partial charge in [0.25, 0.3) is 0 Å². The van der Waals surface area contributed by atoms with E-state index in [4.69, 9.17) is 11.6 Å². The first kappa shape index (κ1) is 11.4. The standard InChI is InChI=1S/C8H5ClFN5O2/c9-4-8-11-12-13-14(8)5-1-2-6(10)7(3-5)15(16)17/h1-3H,4H2. The van der Waals surface area contributed by atoms with Gasteiger partial charge in [-0.05, 0) is 22.6 Å². The topological polar surface area (TPSA) is 86.7 Å². The zero-order valence-electron chi connectivity index (χ0n) is 8.25. The minimum atomic E-state index is -0.917. The Kier molecular flexibility index (Phi) is 2.96. The summed E-state index contributed by atoms with van der Waals surface area (Å²) in [5, 5.41) is 21.2. The Morgan fingerprint density at radius 2 is 2.29 bits per heavy atom. The molecule has 0 spiro atoms. The molecule has 88 valence electrons. The van der Waals surface area contributed by atoms with Gasteiger partial charge in [0, 0.05) is 6.07 Å². The summed E-state index contributed by atoms with van der Waals surface area (Å²) in [6.07, 6.45) is 0. The van der Waals surface area contributed by atoms with Crippen LogP contribution in [0.1, 0.15) is 5.82 Å². The van der Waals surface area contributed by atoms with Gasteiger partial charge < -0.3 is 0 Å². The zero-order valence-corrected chi connectivity index (χ0v) is 9.00. The molecule has 0 atom stereocenters. The molecule has 2 rings (SSSR count). The predicted molar refractivity (Wildman–Crippen MR) is 55.3 cm³/mol. The number of rotatable bonds is 3. The Labute approximate surface area is 99.0 Å². The first-order chi connectivity index (χ1) is 8.13. The largest absolute Gasteiger partial charge is 0.306 e. The number of nitro groups is 1. The quantitative estimate of drug-likeness (QED) is 0.472. The third-order valence-electron chi connectivity index (χ3n) is 2.02. The minimum Gasteiger partial charge on any atom is -0.258 e. The molecule has 9 heteroatoms. The third kappa shape index (κ3) is 2.07. The first-order valence-electron chi connectivity index (χ1n) is 4.41. The molecule has 0 saturated carbocycles. The second kappa shape index (κ2) is 4.42. The molecular formula is C8H5ClFN5O2. The molecule has 1 aromatic heterocycles. The smallest absolute Gasteiger partial charge is 0.258 e. The van der Waals surface area contributed by atoms with E-state index in [0.717, 1.165) is 12.1 Å². The summed E-state index contributed by atoms with van der Waals surface area (Å²) in [6, 6.07) is 3.35. The maximum absolute atomic E-state index is 13.1. The highest BCUT2D eigenvalue weighted by molar-refractivity contribution is 6.16. The summed E-state index contributed by atoms with van der Waals surface area (Å²) in [5.41, 5.74) is -0.364. The number of nitrogens with zero attached hydrogens (tertiary/aromatic N) is 5. The van der Waals surface area contributed by atoms with E-state index in [-0.39, 0.29) is 11.6 Å². The lowest BCUT2D eigenvalue weighted by atomic mass is 10.2. The molecule has 0 aliphatic carbocycles. The van der Waals surface area contributed by atoms with Crippen LogP contribution in [-0.4, -0.2) is 25.1 Å². The molecule has 0 radical (unpaired) electrons. The van der Waals surface area contributed by atoms with Crippen LogP contribution in [0.2, 0.25) is 0 Å². The van der Waals surface area contributed by atoms with Gasteiger partial charge in [0.1, 0.15) is 0 Å². The van der Waals surface area contributed by atoms with Crippen LogP contribution >= 0.6 is 11.6 Å². The van der Waals surface area contributed by atoms with Gasteiger partial charge in [-0.3, -0.25) is 10.1 Å².